The van der Waals surface area contributed by atoms with E-state index >= 15 is 0 Å². The van der Waals surface area contributed by atoms with Crippen LogP contribution in [-0.4, -0.2) is 54.7 Å². The molecule has 2 aromatic rings. The van der Waals surface area contributed by atoms with Gasteiger partial charge in [-0.3, -0.25) is 9.59 Å². The van der Waals surface area contributed by atoms with Crippen molar-refractivity contribution in [1.82, 2.24) is 10.2 Å². The monoisotopic (exact) mass is 394 g/mol. The molecule has 2 atom stereocenters. The molecule has 2 N–H and O–H groups in total. The zero-order valence-corrected chi connectivity index (χ0v) is 16.6. The molecule has 0 unspecified atom stereocenters. The molecule has 1 spiro atoms. The molecule has 2 heterocycles. The van der Waals surface area contributed by atoms with Crippen LogP contribution in [0.1, 0.15) is 29.6 Å². The van der Waals surface area contributed by atoms with Crippen molar-refractivity contribution in [2.24, 2.45) is 5.41 Å². The Kier molecular flexibility index (Phi) is 5.28. The number of ether oxygens (including phenoxy) is 1. The molecule has 2 fully saturated rings. The topological polar surface area (TPSA) is 78.9 Å². The highest BCUT2D eigenvalue weighted by Gasteiger charge is 2.50. The molecule has 0 bridgehead atoms. The Labute approximate surface area is 170 Å². The fraction of sp³-hybridized carbons (Fsp3) is 0.391. The van der Waals surface area contributed by atoms with Gasteiger partial charge in [0.1, 0.15) is 5.75 Å². The van der Waals surface area contributed by atoms with Gasteiger partial charge in [-0.15, -0.1) is 0 Å². The first kappa shape index (κ1) is 19.5. The molecule has 2 aliphatic rings. The molecule has 0 aromatic heterocycles. The summed E-state index contributed by atoms with van der Waals surface area (Å²) in [6.07, 6.45) is 1.11. The molecule has 2 aromatic carbocycles. The van der Waals surface area contributed by atoms with Crippen LogP contribution in [0.15, 0.2) is 48.5 Å². The van der Waals surface area contributed by atoms with Crippen molar-refractivity contribution in [3.8, 4) is 16.9 Å². The van der Waals surface area contributed by atoms with Crippen LogP contribution in [0.5, 0.6) is 5.75 Å². The lowest BCUT2D eigenvalue weighted by atomic mass is 9.71. The summed E-state index contributed by atoms with van der Waals surface area (Å²) in [6, 6.07) is 15.2. The van der Waals surface area contributed by atoms with Gasteiger partial charge in [0, 0.05) is 30.8 Å². The Morgan fingerprint density at radius 1 is 1.24 bits per heavy atom. The summed E-state index contributed by atoms with van der Waals surface area (Å²) in [5.74, 6) is 0.485. The minimum atomic E-state index is -0.896. The SMILES string of the molecule is COc1ccccc1-c1cccc(C(=O)N2CC[C@@H](O)[C@@]3(CCCNC3=O)C2)c1. The third-order valence-electron chi connectivity index (χ3n) is 6.14. The molecule has 4 rings (SSSR count). The zero-order valence-electron chi connectivity index (χ0n) is 16.6. The minimum Gasteiger partial charge on any atom is -0.496 e. The number of nitrogens with one attached hydrogen (secondary N) is 1. The van der Waals surface area contributed by atoms with Crippen LogP contribution in [0.2, 0.25) is 0 Å². The van der Waals surface area contributed by atoms with Crippen molar-refractivity contribution in [1.29, 1.82) is 0 Å². The molecule has 0 radical (unpaired) electrons. The lowest BCUT2D eigenvalue weighted by molar-refractivity contribution is -0.147. The van der Waals surface area contributed by atoms with E-state index in [2.05, 4.69) is 5.32 Å². The van der Waals surface area contributed by atoms with Crippen LogP contribution in [0.4, 0.5) is 0 Å². The summed E-state index contributed by atoms with van der Waals surface area (Å²) >= 11 is 0. The number of piperidine rings is 2. The molecule has 152 valence electrons. The van der Waals surface area contributed by atoms with Gasteiger partial charge < -0.3 is 20.1 Å². The third kappa shape index (κ3) is 3.49. The molecule has 0 aliphatic carbocycles. The average molecular weight is 394 g/mol. The van der Waals surface area contributed by atoms with Crippen LogP contribution in [-0.2, 0) is 4.79 Å². The Bertz CT molecular complexity index is 929. The van der Waals surface area contributed by atoms with Gasteiger partial charge in [-0.2, -0.15) is 0 Å². The number of rotatable bonds is 3. The maximum absolute atomic E-state index is 13.3. The first-order valence-electron chi connectivity index (χ1n) is 10.0. The smallest absolute Gasteiger partial charge is 0.253 e. The number of aliphatic hydroxyl groups excluding tert-OH is 1. The van der Waals surface area contributed by atoms with Crippen molar-refractivity contribution >= 4 is 11.8 Å². The van der Waals surface area contributed by atoms with Crippen LogP contribution in [0.25, 0.3) is 11.1 Å². The summed E-state index contributed by atoms with van der Waals surface area (Å²) in [4.78, 5) is 27.5. The molecular weight excluding hydrogens is 368 g/mol. The Hall–Kier alpha value is -2.86. The number of carbonyl (C=O) groups is 2. The predicted molar refractivity (Wildman–Crippen MR) is 110 cm³/mol. The highest BCUT2D eigenvalue weighted by Crippen LogP contribution is 2.38. The maximum atomic E-state index is 13.3. The van der Waals surface area contributed by atoms with Crippen LogP contribution >= 0.6 is 0 Å². The summed E-state index contributed by atoms with van der Waals surface area (Å²) < 4.78 is 5.45. The van der Waals surface area contributed by atoms with E-state index in [9.17, 15) is 14.7 Å². The van der Waals surface area contributed by atoms with Crippen molar-refractivity contribution in [2.45, 2.75) is 25.4 Å². The molecule has 6 heteroatoms. The number of nitrogens with zero attached hydrogens (tertiary/aromatic N) is 1. The number of para-hydroxylation sites is 1. The molecule has 2 aliphatic heterocycles. The van der Waals surface area contributed by atoms with Crippen LogP contribution < -0.4 is 10.1 Å². The molecule has 2 saturated heterocycles. The third-order valence-corrected chi connectivity index (χ3v) is 6.14. The van der Waals surface area contributed by atoms with Crippen molar-refractivity contribution < 1.29 is 19.4 Å². The number of benzene rings is 2. The van der Waals surface area contributed by atoms with E-state index in [-0.39, 0.29) is 18.4 Å². The number of likely N-dealkylation sites (tertiary alicyclic amines) is 1. The second-order valence-electron chi connectivity index (χ2n) is 7.83. The molecular formula is C23H26N2O4. The van der Waals surface area contributed by atoms with Crippen molar-refractivity contribution in [2.75, 3.05) is 26.7 Å². The first-order valence-corrected chi connectivity index (χ1v) is 10.0. The number of hydrogen-bond acceptors (Lipinski definition) is 4. The van der Waals surface area contributed by atoms with E-state index in [1.165, 1.54) is 0 Å². The van der Waals surface area contributed by atoms with E-state index in [0.29, 0.717) is 31.5 Å². The Balaban J connectivity index is 1.61. The van der Waals surface area contributed by atoms with E-state index in [1.54, 1.807) is 18.1 Å². The first-order chi connectivity index (χ1) is 14.0. The Morgan fingerprint density at radius 2 is 2.07 bits per heavy atom. The van der Waals surface area contributed by atoms with E-state index in [0.717, 1.165) is 23.3 Å². The van der Waals surface area contributed by atoms with Crippen LogP contribution in [0, 0.1) is 5.41 Å². The fourth-order valence-electron chi connectivity index (χ4n) is 4.50. The number of aliphatic hydroxyl groups is 1. The lowest BCUT2D eigenvalue weighted by Crippen LogP contribution is -2.62. The van der Waals surface area contributed by atoms with Gasteiger partial charge in [0.05, 0.1) is 18.6 Å². The summed E-state index contributed by atoms with van der Waals surface area (Å²) in [6.45, 7) is 1.31. The van der Waals surface area contributed by atoms with E-state index in [4.69, 9.17) is 4.74 Å². The van der Waals surface area contributed by atoms with Gasteiger partial charge in [-0.05, 0) is 43.0 Å². The molecule has 0 saturated carbocycles. The zero-order chi connectivity index (χ0) is 20.4. The molecule has 29 heavy (non-hydrogen) atoms. The van der Waals surface area contributed by atoms with Gasteiger partial charge in [-0.25, -0.2) is 0 Å². The van der Waals surface area contributed by atoms with Gasteiger partial charge in [0.15, 0.2) is 0 Å². The summed E-state index contributed by atoms with van der Waals surface area (Å²) in [5.41, 5.74) is 1.49. The second-order valence-corrected chi connectivity index (χ2v) is 7.83. The highest BCUT2D eigenvalue weighted by molar-refractivity contribution is 5.96. The number of methoxy groups -OCH3 is 1. The molecule has 6 nitrogen and oxygen atoms in total. The minimum absolute atomic E-state index is 0.119. The van der Waals surface area contributed by atoms with Crippen molar-refractivity contribution in [3.05, 3.63) is 54.1 Å². The van der Waals surface area contributed by atoms with Gasteiger partial charge >= 0.3 is 0 Å². The second kappa shape index (κ2) is 7.87. The maximum Gasteiger partial charge on any atom is 0.253 e. The quantitative estimate of drug-likeness (QED) is 0.838. The summed E-state index contributed by atoms with van der Waals surface area (Å²) in [7, 11) is 1.63. The predicted octanol–water partition coefficient (Wildman–Crippen LogP) is 2.47. The number of hydrogen-bond donors (Lipinski definition) is 2. The summed E-state index contributed by atoms with van der Waals surface area (Å²) in [5, 5.41) is 13.4. The molecule has 2 amide bonds. The lowest BCUT2D eigenvalue weighted by Gasteiger charge is -2.46. The highest BCUT2D eigenvalue weighted by atomic mass is 16.5. The van der Waals surface area contributed by atoms with E-state index < -0.39 is 11.5 Å². The number of amides is 2. The largest absolute Gasteiger partial charge is 0.496 e. The van der Waals surface area contributed by atoms with Gasteiger partial charge in [0.25, 0.3) is 5.91 Å². The van der Waals surface area contributed by atoms with Gasteiger partial charge in [-0.1, -0.05) is 30.3 Å². The Morgan fingerprint density at radius 3 is 2.86 bits per heavy atom. The number of carbonyl (C=O) groups excluding carboxylic acids is 2. The van der Waals surface area contributed by atoms with Crippen molar-refractivity contribution in [3.63, 3.8) is 0 Å². The fourth-order valence-corrected chi connectivity index (χ4v) is 4.50. The van der Waals surface area contributed by atoms with Gasteiger partial charge in [0.2, 0.25) is 5.91 Å². The standard InChI is InChI=1S/C23H26N2O4/c1-29-19-9-3-2-8-18(19)16-6-4-7-17(14-16)21(27)25-13-10-20(26)23(15-25)11-5-12-24-22(23)28/h2-4,6-9,14,20,26H,5,10-13,15H2,1H3,(H,24,28)/t20-,23-/m1/s1. The van der Waals surface area contributed by atoms with E-state index in [1.807, 2.05) is 42.5 Å². The normalized spacial score (nSPS) is 24.3. The van der Waals surface area contributed by atoms with Crippen LogP contribution in [0.3, 0.4) is 0 Å². The average Bonchev–Trinajstić information content (AvgIpc) is 2.77.